The molecule has 0 unspecified atom stereocenters. The standard InChI is InChI=1S/C14H16BrN3O2S/c1-10-8-16-17(2)14(10)21(19,20)18-7-6-11-4-3-5-13(15)12(11)9-18/h3-5,8H,6-7,9H2,1-2H3. The van der Waals surface area contributed by atoms with E-state index in [-0.39, 0.29) is 5.03 Å². The van der Waals surface area contributed by atoms with Gasteiger partial charge in [-0.1, -0.05) is 28.1 Å². The third kappa shape index (κ3) is 2.43. The van der Waals surface area contributed by atoms with E-state index in [2.05, 4.69) is 27.1 Å². The molecule has 1 aliphatic heterocycles. The maximum absolute atomic E-state index is 12.9. The van der Waals surface area contributed by atoms with Gasteiger partial charge in [-0.2, -0.15) is 9.40 Å². The Hall–Kier alpha value is -1.18. The molecule has 0 fully saturated rings. The summed E-state index contributed by atoms with van der Waals surface area (Å²) in [5.41, 5.74) is 2.93. The van der Waals surface area contributed by atoms with Crippen LogP contribution < -0.4 is 0 Å². The number of nitrogens with zero attached hydrogens (tertiary/aromatic N) is 3. The van der Waals surface area contributed by atoms with E-state index in [1.165, 1.54) is 14.6 Å². The molecule has 3 rings (SSSR count). The molecule has 0 saturated heterocycles. The Morgan fingerprint density at radius 3 is 2.76 bits per heavy atom. The van der Waals surface area contributed by atoms with E-state index >= 15 is 0 Å². The lowest BCUT2D eigenvalue weighted by Crippen LogP contribution is -2.37. The van der Waals surface area contributed by atoms with Crippen LogP contribution in [-0.2, 0) is 30.0 Å². The largest absolute Gasteiger partial charge is 0.260 e. The van der Waals surface area contributed by atoms with Crippen LogP contribution in [0.5, 0.6) is 0 Å². The second-order valence-corrected chi connectivity index (χ2v) is 7.93. The molecular formula is C14H16BrN3O2S. The van der Waals surface area contributed by atoms with Gasteiger partial charge in [0.15, 0.2) is 5.03 Å². The average molecular weight is 370 g/mol. The monoisotopic (exact) mass is 369 g/mol. The maximum Gasteiger partial charge on any atom is 0.260 e. The Balaban J connectivity index is 2.01. The SMILES string of the molecule is Cc1cnn(C)c1S(=O)(=O)N1CCc2cccc(Br)c2C1. The first-order valence-electron chi connectivity index (χ1n) is 6.66. The molecule has 0 bridgehead atoms. The molecule has 1 aromatic carbocycles. The zero-order chi connectivity index (χ0) is 15.2. The van der Waals surface area contributed by atoms with Gasteiger partial charge in [0.05, 0.1) is 6.20 Å². The van der Waals surface area contributed by atoms with Crippen LogP contribution in [0.25, 0.3) is 0 Å². The summed E-state index contributed by atoms with van der Waals surface area (Å²) in [7, 11) is -1.87. The van der Waals surface area contributed by atoms with Crippen molar-refractivity contribution in [1.82, 2.24) is 14.1 Å². The molecule has 0 atom stereocenters. The van der Waals surface area contributed by atoms with Crippen LogP contribution >= 0.6 is 15.9 Å². The zero-order valence-electron chi connectivity index (χ0n) is 11.9. The summed E-state index contributed by atoms with van der Waals surface area (Å²) in [6.45, 7) is 2.66. The third-order valence-electron chi connectivity index (χ3n) is 3.82. The number of aromatic nitrogens is 2. The van der Waals surface area contributed by atoms with E-state index in [0.717, 1.165) is 16.5 Å². The number of rotatable bonds is 2. The fourth-order valence-electron chi connectivity index (χ4n) is 2.75. The van der Waals surface area contributed by atoms with E-state index in [4.69, 9.17) is 0 Å². The molecule has 0 amide bonds. The predicted molar refractivity (Wildman–Crippen MR) is 83.4 cm³/mol. The van der Waals surface area contributed by atoms with Crippen molar-refractivity contribution in [3.8, 4) is 0 Å². The Morgan fingerprint density at radius 1 is 1.33 bits per heavy atom. The van der Waals surface area contributed by atoms with Crippen molar-refractivity contribution >= 4 is 26.0 Å². The molecule has 1 aliphatic rings. The van der Waals surface area contributed by atoms with Crippen LogP contribution in [0, 0.1) is 6.92 Å². The lowest BCUT2D eigenvalue weighted by Gasteiger charge is -2.28. The highest BCUT2D eigenvalue weighted by atomic mass is 79.9. The lowest BCUT2D eigenvalue weighted by atomic mass is 10.0. The molecule has 21 heavy (non-hydrogen) atoms. The van der Waals surface area contributed by atoms with Crippen molar-refractivity contribution < 1.29 is 8.42 Å². The highest BCUT2D eigenvalue weighted by Gasteiger charge is 2.32. The van der Waals surface area contributed by atoms with Gasteiger partial charge in [-0.25, -0.2) is 8.42 Å². The molecule has 2 heterocycles. The fraction of sp³-hybridized carbons (Fsp3) is 0.357. The third-order valence-corrected chi connectivity index (χ3v) is 6.63. The molecule has 5 nitrogen and oxygen atoms in total. The summed E-state index contributed by atoms with van der Waals surface area (Å²) in [5.74, 6) is 0. The number of hydrogen-bond acceptors (Lipinski definition) is 3. The van der Waals surface area contributed by atoms with Crippen LogP contribution in [0.15, 0.2) is 33.9 Å². The molecule has 0 saturated carbocycles. The van der Waals surface area contributed by atoms with Crippen LogP contribution in [0.1, 0.15) is 16.7 Å². The van der Waals surface area contributed by atoms with Crippen molar-refractivity contribution in [2.75, 3.05) is 6.54 Å². The van der Waals surface area contributed by atoms with Crippen LogP contribution in [0.3, 0.4) is 0 Å². The molecule has 0 N–H and O–H groups in total. The summed E-state index contributed by atoms with van der Waals surface area (Å²) in [6, 6.07) is 5.99. The molecule has 0 radical (unpaired) electrons. The van der Waals surface area contributed by atoms with Crippen molar-refractivity contribution in [2.45, 2.75) is 24.9 Å². The Labute approximate surface area is 132 Å². The number of halogens is 1. The van der Waals surface area contributed by atoms with Crippen LogP contribution in [0.4, 0.5) is 0 Å². The minimum absolute atomic E-state index is 0.276. The van der Waals surface area contributed by atoms with Gasteiger partial charge >= 0.3 is 0 Å². The van der Waals surface area contributed by atoms with Gasteiger partial charge in [-0.3, -0.25) is 4.68 Å². The van der Waals surface area contributed by atoms with Gasteiger partial charge < -0.3 is 0 Å². The van der Waals surface area contributed by atoms with Crippen LogP contribution in [0.2, 0.25) is 0 Å². The summed E-state index contributed by atoms with van der Waals surface area (Å²) >= 11 is 3.51. The first-order valence-corrected chi connectivity index (χ1v) is 8.89. The van der Waals surface area contributed by atoms with Gasteiger partial charge in [-0.15, -0.1) is 0 Å². The summed E-state index contributed by atoms with van der Waals surface area (Å²) in [4.78, 5) is 0. The van der Waals surface area contributed by atoms with Gasteiger partial charge in [0.2, 0.25) is 0 Å². The van der Waals surface area contributed by atoms with E-state index in [9.17, 15) is 8.42 Å². The van der Waals surface area contributed by atoms with E-state index in [0.29, 0.717) is 18.7 Å². The first-order chi connectivity index (χ1) is 9.91. The molecule has 7 heteroatoms. The average Bonchev–Trinajstić information content (AvgIpc) is 2.79. The topological polar surface area (TPSA) is 55.2 Å². The smallest absolute Gasteiger partial charge is 0.256 e. The Morgan fingerprint density at radius 2 is 2.10 bits per heavy atom. The number of aryl methyl sites for hydroxylation is 2. The number of benzene rings is 1. The van der Waals surface area contributed by atoms with E-state index in [1.807, 2.05) is 12.1 Å². The molecule has 112 valence electrons. The molecule has 1 aromatic heterocycles. The van der Waals surface area contributed by atoms with Gasteiger partial charge in [0.25, 0.3) is 10.0 Å². The molecule has 0 spiro atoms. The van der Waals surface area contributed by atoms with Crippen molar-refractivity contribution in [3.63, 3.8) is 0 Å². The normalized spacial score (nSPS) is 16.0. The molecular weight excluding hydrogens is 354 g/mol. The van der Waals surface area contributed by atoms with Crippen LogP contribution in [-0.4, -0.2) is 29.0 Å². The molecule has 2 aromatic rings. The maximum atomic E-state index is 12.9. The summed E-state index contributed by atoms with van der Waals surface area (Å²) in [6.07, 6.45) is 2.31. The fourth-order valence-corrected chi connectivity index (χ4v) is 5.00. The summed E-state index contributed by atoms with van der Waals surface area (Å²) < 4.78 is 29.6. The number of hydrogen-bond donors (Lipinski definition) is 0. The summed E-state index contributed by atoms with van der Waals surface area (Å²) in [5, 5.41) is 4.32. The zero-order valence-corrected chi connectivity index (χ0v) is 14.3. The van der Waals surface area contributed by atoms with Gasteiger partial charge in [-0.05, 0) is 30.5 Å². The van der Waals surface area contributed by atoms with Crippen molar-refractivity contribution in [3.05, 3.63) is 45.6 Å². The number of fused-ring (bicyclic) bond motifs is 1. The Bertz CT molecular complexity index is 779. The van der Waals surface area contributed by atoms with Gasteiger partial charge in [0.1, 0.15) is 0 Å². The predicted octanol–water partition coefficient (Wildman–Crippen LogP) is 2.24. The van der Waals surface area contributed by atoms with E-state index < -0.39 is 10.0 Å². The second kappa shape index (κ2) is 5.23. The highest BCUT2D eigenvalue weighted by molar-refractivity contribution is 9.10. The Kier molecular flexibility index (Phi) is 3.67. The second-order valence-electron chi connectivity index (χ2n) is 5.22. The highest BCUT2D eigenvalue weighted by Crippen LogP contribution is 2.30. The minimum Gasteiger partial charge on any atom is -0.256 e. The van der Waals surface area contributed by atoms with Gasteiger partial charge in [0, 0.05) is 30.2 Å². The lowest BCUT2D eigenvalue weighted by molar-refractivity contribution is 0.385. The number of sulfonamides is 1. The quantitative estimate of drug-likeness (QED) is 0.815. The first kappa shape index (κ1) is 14.7. The van der Waals surface area contributed by atoms with Crippen molar-refractivity contribution in [2.24, 2.45) is 7.05 Å². The molecule has 0 aliphatic carbocycles. The van der Waals surface area contributed by atoms with E-state index in [1.54, 1.807) is 20.2 Å². The van der Waals surface area contributed by atoms with Crippen molar-refractivity contribution in [1.29, 1.82) is 0 Å². The minimum atomic E-state index is -3.53.